The van der Waals surface area contributed by atoms with Crippen molar-refractivity contribution in [2.75, 3.05) is 13.6 Å². The van der Waals surface area contributed by atoms with Crippen molar-refractivity contribution < 1.29 is 4.74 Å². The van der Waals surface area contributed by atoms with Gasteiger partial charge in [-0.1, -0.05) is 29.3 Å². The maximum atomic E-state index is 6.03. The number of rotatable bonds is 6. The Bertz CT molecular complexity index is 336. The topological polar surface area (TPSA) is 21.3 Å². The summed E-state index contributed by atoms with van der Waals surface area (Å²) in [7, 11) is 1.96. The van der Waals surface area contributed by atoms with Gasteiger partial charge in [0.2, 0.25) is 0 Å². The third-order valence-electron chi connectivity index (χ3n) is 2.76. The van der Waals surface area contributed by atoms with Crippen molar-refractivity contribution in [3.63, 3.8) is 0 Å². The molecule has 0 bridgehead atoms. The van der Waals surface area contributed by atoms with Gasteiger partial charge in [-0.3, -0.25) is 0 Å². The molecule has 0 amide bonds. The molecule has 1 aromatic carbocycles. The van der Waals surface area contributed by atoms with E-state index in [9.17, 15) is 0 Å². The summed E-state index contributed by atoms with van der Waals surface area (Å²) in [5.74, 6) is 0.969. The van der Waals surface area contributed by atoms with Gasteiger partial charge >= 0.3 is 0 Å². The lowest BCUT2D eigenvalue weighted by Crippen LogP contribution is -2.29. The second-order valence-electron chi connectivity index (χ2n) is 4.46. The Hall–Kier alpha value is -0.540. The Kier molecular flexibility index (Phi) is 6.00. The van der Waals surface area contributed by atoms with Crippen molar-refractivity contribution in [3.8, 4) is 5.75 Å². The molecule has 1 atom stereocenters. The van der Waals surface area contributed by atoms with Gasteiger partial charge in [-0.25, -0.2) is 0 Å². The molecule has 0 aliphatic rings. The van der Waals surface area contributed by atoms with Crippen LogP contribution in [0.1, 0.15) is 30.9 Å². The summed E-state index contributed by atoms with van der Waals surface area (Å²) < 4.78 is 7.20. The van der Waals surface area contributed by atoms with Crippen molar-refractivity contribution >= 4 is 15.9 Å². The van der Waals surface area contributed by atoms with E-state index in [0.717, 1.165) is 25.1 Å². The second-order valence-corrected chi connectivity index (χ2v) is 5.25. The van der Waals surface area contributed by atoms with Crippen LogP contribution in [0.5, 0.6) is 5.75 Å². The number of hydrogen-bond donors (Lipinski definition) is 1. The number of halogens is 1. The van der Waals surface area contributed by atoms with E-state index in [0.29, 0.717) is 0 Å². The first-order valence-electron chi connectivity index (χ1n) is 6.16. The Morgan fingerprint density at radius 3 is 2.35 bits per heavy atom. The molecule has 0 fully saturated rings. The van der Waals surface area contributed by atoms with Crippen LogP contribution in [0.2, 0.25) is 0 Å². The fourth-order valence-electron chi connectivity index (χ4n) is 1.92. The number of aryl methyl sites for hydroxylation is 2. The molecule has 0 aromatic heterocycles. The van der Waals surface area contributed by atoms with Gasteiger partial charge in [-0.05, 0) is 50.6 Å². The highest BCUT2D eigenvalue weighted by atomic mass is 79.9. The highest BCUT2D eigenvalue weighted by Gasteiger charge is 2.10. The molecule has 96 valence electrons. The highest BCUT2D eigenvalue weighted by Crippen LogP contribution is 2.27. The van der Waals surface area contributed by atoms with Crippen LogP contribution in [0.3, 0.4) is 0 Å². The zero-order valence-corrected chi connectivity index (χ0v) is 12.7. The molecule has 0 heterocycles. The number of likely N-dealkylation sites (N-methyl/N-ethyl adjacent to an activating group) is 1. The Labute approximate surface area is 113 Å². The quantitative estimate of drug-likeness (QED) is 0.862. The average Bonchev–Trinajstić information content (AvgIpc) is 2.26. The summed E-state index contributed by atoms with van der Waals surface area (Å²) in [6, 6.07) is 4.19. The van der Waals surface area contributed by atoms with Crippen molar-refractivity contribution in [1.82, 2.24) is 5.32 Å². The predicted molar refractivity (Wildman–Crippen MR) is 76.9 cm³/mol. The summed E-state index contributed by atoms with van der Waals surface area (Å²) >= 11 is 3.57. The van der Waals surface area contributed by atoms with E-state index in [4.69, 9.17) is 4.74 Å². The van der Waals surface area contributed by atoms with Crippen molar-refractivity contribution in [3.05, 3.63) is 27.7 Å². The van der Waals surface area contributed by atoms with E-state index in [2.05, 4.69) is 54.2 Å². The third-order valence-corrected chi connectivity index (χ3v) is 4.01. The largest absolute Gasteiger partial charge is 0.489 e. The first-order valence-corrected chi connectivity index (χ1v) is 6.95. The minimum absolute atomic E-state index is 0.255. The molecule has 17 heavy (non-hydrogen) atoms. The van der Waals surface area contributed by atoms with Gasteiger partial charge < -0.3 is 10.1 Å². The average molecular weight is 300 g/mol. The molecule has 0 saturated carbocycles. The summed E-state index contributed by atoms with van der Waals surface area (Å²) in [5.41, 5.74) is 2.44. The molecule has 0 aliphatic heterocycles. The van der Waals surface area contributed by atoms with Crippen LogP contribution >= 0.6 is 15.9 Å². The molecule has 0 saturated heterocycles. The van der Waals surface area contributed by atoms with Crippen molar-refractivity contribution in [2.45, 2.75) is 39.7 Å². The van der Waals surface area contributed by atoms with E-state index < -0.39 is 0 Å². The lowest BCUT2D eigenvalue weighted by Gasteiger charge is -2.19. The first kappa shape index (κ1) is 14.5. The summed E-state index contributed by atoms with van der Waals surface area (Å²) in [6.07, 6.45) is 2.47. The van der Waals surface area contributed by atoms with Gasteiger partial charge in [-0.2, -0.15) is 0 Å². The minimum Gasteiger partial charge on any atom is -0.489 e. The van der Waals surface area contributed by atoms with Crippen LogP contribution in [0, 0.1) is 13.8 Å². The number of ether oxygens (including phenoxy) is 1. The minimum atomic E-state index is 0.255. The molecule has 0 aliphatic carbocycles. The van der Waals surface area contributed by atoms with Gasteiger partial charge in [0, 0.05) is 11.0 Å². The summed E-state index contributed by atoms with van der Waals surface area (Å²) in [5, 5.41) is 3.18. The molecule has 1 aromatic rings. The summed E-state index contributed by atoms with van der Waals surface area (Å²) in [4.78, 5) is 0. The molecule has 1 N–H and O–H groups in total. The standard InChI is InChI=1S/C14H22BrNO/c1-5-6-12(9-16-4)17-13-7-10(2)14(15)11(3)8-13/h7-8,12,16H,5-6,9H2,1-4H3. The van der Waals surface area contributed by atoms with Crippen LogP contribution in [0.25, 0.3) is 0 Å². The van der Waals surface area contributed by atoms with E-state index in [1.807, 2.05) is 7.05 Å². The van der Waals surface area contributed by atoms with E-state index in [1.54, 1.807) is 0 Å². The van der Waals surface area contributed by atoms with Gasteiger partial charge in [0.25, 0.3) is 0 Å². The van der Waals surface area contributed by atoms with Gasteiger partial charge in [0.1, 0.15) is 11.9 Å². The maximum absolute atomic E-state index is 6.03. The van der Waals surface area contributed by atoms with Crippen molar-refractivity contribution in [1.29, 1.82) is 0 Å². The first-order chi connectivity index (χ1) is 8.08. The SMILES string of the molecule is CCCC(CNC)Oc1cc(C)c(Br)c(C)c1. The number of benzene rings is 1. The lowest BCUT2D eigenvalue weighted by atomic mass is 10.1. The third kappa shape index (κ3) is 4.32. The molecule has 3 heteroatoms. The van der Waals surface area contributed by atoms with E-state index in [-0.39, 0.29) is 6.10 Å². The molecule has 1 unspecified atom stereocenters. The Morgan fingerprint density at radius 1 is 1.29 bits per heavy atom. The molecule has 1 rings (SSSR count). The number of hydrogen-bond acceptors (Lipinski definition) is 2. The normalized spacial score (nSPS) is 12.5. The van der Waals surface area contributed by atoms with Crippen LogP contribution < -0.4 is 10.1 Å². The molecule has 0 spiro atoms. The Morgan fingerprint density at radius 2 is 1.88 bits per heavy atom. The van der Waals surface area contributed by atoms with Gasteiger partial charge in [0.05, 0.1) is 0 Å². The predicted octanol–water partition coefficient (Wildman–Crippen LogP) is 3.83. The fraction of sp³-hybridized carbons (Fsp3) is 0.571. The molecule has 0 radical (unpaired) electrons. The smallest absolute Gasteiger partial charge is 0.120 e. The lowest BCUT2D eigenvalue weighted by molar-refractivity contribution is 0.189. The van der Waals surface area contributed by atoms with Crippen LogP contribution in [0.15, 0.2) is 16.6 Å². The molecular weight excluding hydrogens is 278 g/mol. The monoisotopic (exact) mass is 299 g/mol. The van der Waals surface area contributed by atoms with Crippen molar-refractivity contribution in [2.24, 2.45) is 0 Å². The fourth-order valence-corrected chi connectivity index (χ4v) is 2.15. The second kappa shape index (κ2) is 7.02. The van der Waals surface area contributed by atoms with E-state index in [1.165, 1.54) is 15.6 Å². The zero-order chi connectivity index (χ0) is 12.8. The van der Waals surface area contributed by atoms with Crippen LogP contribution in [-0.4, -0.2) is 19.7 Å². The Balaban J connectivity index is 2.78. The van der Waals surface area contributed by atoms with Crippen LogP contribution in [0.4, 0.5) is 0 Å². The maximum Gasteiger partial charge on any atom is 0.120 e. The molecule has 2 nitrogen and oxygen atoms in total. The molecular formula is C14H22BrNO. The van der Waals surface area contributed by atoms with Gasteiger partial charge in [0.15, 0.2) is 0 Å². The van der Waals surface area contributed by atoms with Crippen LogP contribution in [-0.2, 0) is 0 Å². The zero-order valence-electron chi connectivity index (χ0n) is 11.1. The highest BCUT2D eigenvalue weighted by molar-refractivity contribution is 9.10. The van der Waals surface area contributed by atoms with Gasteiger partial charge in [-0.15, -0.1) is 0 Å². The summed E-state index contributed by atoms with van der Waals surface area (Å²) in [6.45, 7) is 7.26. The van der Waals surface area contributed by atoms with E-state index >= 15 is 0 Å². The number of nitrogens with one attached hydrogen (secondary N) is 1.